The molecule has 0 aliphatic heterocycles. The number of aryl methyl sites for hydroxylation is 2. The Morgan fingerprint density at radius 1 is 1.33 bits per heavy atom. The summed E-state index contributed by atoms with van der Waals surface area (Å²) in [7, 11) is 0. The lowest BCUT2D eigenvalue weighted by Crippen LogP contribution is -2.33. The molecule has 0 spiro atoms. The molecule has 2 rings (SSSR count). The van der Waals surface area contributed by atoms with Gasteiger partial charge in [0.2, 0.25) is 0 Å². The Labute approximate surface area is 111 Å². The minimum atomic E-state index is -0.490. The van der Waals surface area contributed by atoms with E-state index in [9.17, 15) is 4.39 Å². The molecule has 0 amide bonds. The van der Waals surface area contributed by atoms with Crippen molar-refractivity contribution >= 4 is 11.3 Å². The van der Waals surface area contributed by atoms with Crippen LogP contribution < -0.4 is 5.73 Å². The monoisotopic (exact) mass is 263 g/mol. The van der Waals surface area contributed by atoms with Crippen molar-refractivity contribution < 1.29 is 4.39 Å². The Bertz CT molecular complexity index is 517. The molecule has 0 fully saturated rings. The molecule has 1 atom stereocenters. The van der Waals surface area contributed by atoms with E-state index in [0.717, 1.165) is 18.4 Å². The van der Waals surface area contributed by atoms with E-state index in [4.69, 9.17) is 5.73 Å². The van der Waals surface area contributed by atoms with Gasteiger partial charge in [0.25, 0.3) is 0 Å². The van der Waals surface area contributed by atoms with E-state index in [1.165, 1.54) is 5.56 Å². The van der Waals surface area contributed by atoms with Gasteiger partial charge in [-0.1, -0.05) is 12.1 Å². The van der Waals surface area contributed by atoms with E-state index < -0.39 is 5.54 Å². The molecule has 1 unspecified atom stereocenters. The maximum atomic E-state index is 13.6. The second-order valence-electron chi connectivity index (χ2n) is 5.01. The quantitative estimate of drug-likeness (QED) is 0.886. The van der Waals surface area contributed by atoms with Crippen molar-refractivity contribution in [1.29, 1.82) is 0 Å². The largest absolute Gasteiger partial charge is 0.322 e. The Morgan fingerprint density at radius 3 is 2.72 bits per heavy atom. The molecule has 18 heavy (non-hydrogen) atoms. The first-order chi connectivity index (χ1) is 8.49. The summed E-state index contributed by atoms with van der Waals surface area (Å²) in [6, 6.07) is 7.38. The molecule has 2 aromatic rings. The predicted octanol–water partition coefficient (Wildman–Crippen LogP) is 4.00. The van der Waals surface area contributed by atoms with Crippen molar-refractivity contribution in [3.8, 4) is 0 Å². The lowest BCUT2D eigenvalue weighted by molar-refractivity contribution is 0.449. The molecular formula is C15H18FNS. The number of hydrogen-bond donors (Lipinski definition) is 1. The van der Waals surface area contributed by atoms with E-state index in [1.807, 2.05) is 13.0 Å². The maximum absolute atomic E-state index is 13.6. The maximum Gasteiger partial charge on any atom is 0.126 e. The van der Waals surface area contributed by atoms with E-state index >= 15 is 0 Å². The number of rotatable bonds is 4. The highest BCUT2D eigenvalue weighted by Gasteiger charge is 2.21. The normalized spacial score (nSPS) is 14.4. The third-order valence-corrected chi connectivity index (χ3v) is 4.08. The number of benzene rings is 1. The first-order valence-corrected chi connectivity index (χ1v) is 7.00. The van der Waals surface area contributed by atoms with Gasteiger partial charge >= 0.3 is 0 Å². The molecule has 0 saturated carbocycles. The summed E-state index contributed by atoms with van der Waals surface area (Å²) in [6.45, 7) is 3.72. The number of nitrogens with two attached hydrogens (primary N) is 1. The Kier molecular flexibility index (Phi) is 3.83. The van der Waals surface area contributed by atoms with Gasteiger partial charge in [0.15, 0.2) is 0 Å². The number of halogens is 1. The summed E-state index contributed by atoms with van der Waals surface area (Å²) < 4.78 is 13.6. The second kappa shape index (κ2) is 5.21. The molecule has 1 aromatic carbocycles. The summed E-state index contributed by atoms with van der Waals surface area (Å²) in [5.41, 5.74) is 8.64. The minimum Gasteiger partial charge on any atom is -0.322 e. The molecule has 0 aliphatic carbocycles. The summed E-state index contributed by atoms with van der Waals surface area (Å²) in [6.07, 6.45) is 1.73. The molecule has 0 bridgehead atoms. The fourth-order valence-electron chi connectivity index (χ4n) is 1.93. The topological polar surface area (TPSA) is 26.0 Å². The highest BCUT2D eigenvalue weighted by Crippen LogP contribution is 2.25. The lowest BCUT2D eigenvalue weighted by Gasteiger charge is -2.25. The summed E-state index contributed by atoms with van der Waals surface area (Å²) in [4.78, 5) is 0. The van der Waals surface area contributed by atoms with E-state index in [2.05, 4.69) is 16.8 Å². The van der Waals surface area contributed by atoms with Crippen molar-refractivity contribution in [2.45, 2.75) is 32.2 Å². The van der Waals surface area contributed by atoms with Gasteiger partial charge in [0.1, 0.15) is 5.82 Å². The van der Waals surface area contributed by atoms with Crippen molar-refractivity contribution in [1.82, 2.24) is 0 Å². The molecule has 0 saturated heterocycles. The van der Waals surface area contributed by atoms with Gasteiger partial charge < -0.3 is 5.73 Å². The lowest BCUT2D eigenvalue weighted by atomic mass is 9.87. The standard InChI is InChI=1S/C15H18FNS/c1-11-3-4-13(9-14(11)16)15(2,17)7-5-12-6-8-18-10-12/h3-4,6,8-10H,5,7,17H2,1-2H3. The van der Waals surface area contributed by atoms with E-state index in [0.29, 0.717) is 5.56 Å². The van der Waals surface area contributed by atoms with Gasteiger partial charge in [0, 0.05) is 5.54 Å². The zero-order valence-electron chi connectivity index (χ0n) is 10.7. The molecular weight excluding hydrogens is 245 g/mol. The molecule has 0 aliphatic rings. The van der Waals surface area contributed by atoms with Crippen molar-refractivity contribution in [3.63, 3.8) is 0 Å². The highest BCUT2D eigenvalue weighted by atomic mass is 32.1. The zero-order valence-corrected chi connectivity index (χ0v) is 11.6. The van der Waals surface area contributed by atoms with Crippen molar-refractivity contribution in [2.24, 2.45) is 5.73 Å². The van der Waals surface area contributed by atoms with Crippen LogP contribution in [0.1, 0.15) is 30.0 Å². The zero-order chi connectivity index (χ0) is 13.2. The van der Waals surface area contributed by atoms with Crippen LogP contribution in [0, 0.1) is 12.7 Å². The Hall–Kier alpha value is -1.19. The molecule has 2 N–H and O–H groups in total. The summed E-state index contributed by atoms with van der Waals surface area (Å²) >= 11 is 1.69. The van der Waals surface area contributed by atoms with Gasteiger partial charge in [-0.2, -0.15) is 11.3 Å². The van der Waals surface area contributed by atoms with Gasteiger partial charge in [0.05, 0.1) is 0 Å². The fraction of sp³-hybridized carbons (Fsp3) is 0.333. The number of thiophene rings is 1. The van der Waals surface area contributed by atoms with Gasteiger partial charge in [-0.25, -0.2) is 4.39 Å². The molecule has 1 nitrogen and oxygen atoms in total. The smallest absolute Gasteiger partial charge is 0.126 e. The van der Waals surface area contributed by atoms with Crippen LogP contribution in [0.15, 0.2) is 35.0 Å². The van der Waals surface area contributed by atoms with Crippen LogP contribution >= 0.6 is 11.3 Å². The Morgan fingerprint density at radius 2 is 2.11 bits per heavy atom. The first-order valence-electron chi connectivity index (χ1n) is 6.05. The van der Waals surface area contributed by atoms with Crippen molar-refractivity contribution in [2.75, 3.05) is 0 Å². The average Bonchev–Trinajstić information content (AvgIpc) is 2.83. The van der Waals surface area contributed by atoms with Crippen LogP contribution in [0.5, 0.6) is 0 Å². The van der Waals surface area contributed by atoms with Crippen LogP contribution in [-0.4, -0.2) is 0 Å². The third kappa shape index (κ3) is 2.98. The summed E-state index contributed by atoms with van der Waals surface area (Å²) in [5, 5.41) is 4.19. The van der Waals surface area contributed by atoms with Crippen LogP contribution in [0.3, 0.4) is 0 Å². The van der Waals surface area contributed by atoms with Crippen LogP contribution in [0.2, 0.25) is 0 Å². The third-order valence-electron chi connectivity index (χ3n) is 3.34. The molecule has 3 heteroatoms. The van der Waals surface area contributed by atoms with E-state index in [1.54, 1.807) is 30.4 Å². The number of hydrogen-bond acceptors (Lipinski definition) is 2. The van der Waals surface area contributed by atoms with Crippen molar-refractivity contribution in [3.05, 3.63) is 57.5 Å². The van der Waals surface area contributed by atoms with Crippen LogP contribution in [0.4, 0.5) is 4.39 Å². The van der Waals surface area contributed by atoms with Gasteiger partial charge in [-0.15, -0.1) is 0 Å². The summed E-state index contributed by atoms with van der Waals surface area (Å²) in [5.74, 6) is -0.181. The average molecular weight is 263 g/mol. The van der Waals surface area contributed by atoms with E-state index in [-0.39, 0.29) is 5.82 Å². The first kappa shape index (κ1) is 13.2. The molecule has 0 radical (unpaired) electrons. The van der Waals surface area contributed by atoms with Crippen LogP contribution in [-0.2, 0) is 12.0 Å². The van der Waals surface area contributed by atoms with Crippen LogP contribution in [0.25, 0.3) is 0 Å². The van der Waals surface area contributed by atoms with Gasteiger partial charge in [-0.05, 0) is 66.3 Å². The minimum absolute atomic E-state index is 0.181. The predicted molar refractivity (Wildman–Crippen MR) is 75.3 cm³/mol. The molecule has 1 heterocycles. The fourth-order valence-corrected chi connectivity index (χ4v) is 2.63. The molecule has 1 aromatic heterocycles. The highest BCUT2D eigenvalue weighted by molar-refractivity contribution is 7.07. The second-order valence-corrected chi connectivity index (χ2v) is 5.79. The van der Waals surface area contributed by atoms with Gasteiger partial charge in [-0.3, -0.25) is 0 Å². The molecule has 96 valence electrons. The Balaban J connectivity index is 2.11. The SMILES string of the molecule is Cc1ccc(C(C)(N)CCc2ccsc2)cc1F.